The van der Waals surface area contributed by atoms with Crippen molar-refractivity contribution in [3.05, 3.63) is 46.8 Å². The summed E-state index contributed by atoms with van der Waals surface area (Å²) in [5.41, 5.74) is 6.14. The zero-order valence-corrected chi connectivity index (χ0v) is 21.8. The predicted octanol–water partition coefficient (Wildman–Crippen LogP) is 3.18. The largest absolute Gasteiger partial charge is 0.378 e. The average Bonchev–Trinajstić information content (AvgIpc) is 2.99. The molecule has 1 unspecified atom stereocenters. The van der Waals surface area contributed by atoms with E-state index in [1.165, 1.54) is 22.5 Å². The standard InChI is InChI=1S/C23H36N6O.HI/c1-6-24-23(26-17(2)15-21-18(3)27-28(5)19(21)4)25-16-20-9-7-8-10-22(20)29-11-13-30-14-12-29;/h7-10,17H,6,11-16H2,1-5H3,(H2,24,25,26);1H. The molecule has 0 saturated carbocycles. The Morgan fingerprint density at radius 1 is 1.23 bits per heavy atom. The fourth-order valence-electron chi connectivity index (χ4n) is 3.95. The van der Waals surface area contributed by atoms with E-state index in [0.29, 0.717) is 6.54 Å². The van der Waals surface area contributed by atoms with Crippen molar-refractivity contribution in [1.82, 2.24) is 20.4 Å². The number of hydrogen-bond donors (Lipinski definition) is 2. The van der Waals surface area contributed by atoms with Gasteiger partial charge in [-0.15, -0.1) is 24.0 Å². The lowest BCUT2D eigenvalue weighted by Crippen LogP contribution is -2.43. The third-order valence-corrected chi connectivity index (χ3v) is 5.65. The van der Waals surface area contributed by atoms with Crippen molar-refractivity contribution < 1.29 is 4.74 Å². The summed E-state index contributed by atoms with van der Waals surface area (Å²) in [7, 11) is 2.00. The molecule has 2 aromatic rings. The number of nitrogens with zero attached hydrogens (tertiary/aromatic N) is 4. The number of hydrogen-bond acceptors (Lipinski definition) is 4. The van der Waals surface area contributed by atoms with Crippen LogP contribution in [-0.4, -0.2) is 54.6 Å². The average molecular weight is 540 g/mol. The normalized spacial score (nSPS) is 15.4. The van der Waals surface area contributed by atoms with Gasteiger partial charge in [0.1, 0.15) is 0 Å². The Hall–Kier alpha value is -1.81. The van der Waals surface area contributed by atoms with Gasteiger partial charge in [0, 0.05) is 44.1 Å². The molecular weight excluding hydrogens is 503 g/mol. The van der Waals surface area contributed by atoms with E-state index < -0.39 is 0 Å². The number of aliphatic imine (C=N–C) groups is 1. The highest BCUT2D eigenvalue weighted by Crippen LogP contribution is 2.22. The fourth-order valence-corrected chi connectivity index (χ4v) is 3.95. The van der Waals surface area contributed by atoms with Crippen LogP contribution < -0.4 is 15.5 Å². The van der Waals surface area contributed by atoms with Crippen LogP contribution in [0.2, 0.25) is 0 Å². The van der Waals surface area contributed by atoms with E-state index in [4.69, 9.17) is 9.73 Å². The molecule has 1 fully saturated rings. The van der Waals surface area contributed by atoms with E-state index in [-0.39, 0.29) is 30.0 Å². The highest BCUT2D eigenvalue weighted by Gasteiger charge is 2.16. The Morgan fingerprint density at radius 3 is 2.58 bits per heavy atom. The van der Waals surface area contributed by atoms with Gasteiger partial charge >= 0.3 is 0 Å². The molecule has 1 saturated heterocycles. The maximum Gasteiger partial charge on any atom is 0.191 e. The molecule has 1 atom stereocenters. The number of rotatable bonds is 7. The van der Waals surface area contributed by atoms with Crippen LogP contribution in [0.25, 0.3) is 0 Å². The number of para-hydroxylation sites is 1. The number of anilines is 1. The smallest absolute Gasteiger partial charge is 0.191 e. The van der Waals surface area contributed by atoms with Crippen LogP contribution >= 0.6 is 24.0 Å². The van der Waals surface area contributed by atoms with Gasteiger partial charge in [0.05, 0.1) is 25.5 Å². The lowest BCUT2D eigenvalue weighted by atomic mass is 10.1. The molecule has 1 aliphatic rings. The molecule has 1 aromatic heterocycles. The minimum absolute atomic E-state index is 0. The molecule has 1 aliphatic heterocycles. The van der Waals surface area contributed by atoms with E-state index in [2.05, 4.69) is 72.6 Å². The molecule has 0 bridgehead atoms. The van der Waals surface area contributed by atoms with Gasteiger partial charge in [-0.05, 0) is 51.3 Å². The molecule has 172 valence electrons. The fraction of sp³-hybridized carbons (Fsp3) is 0.565. The molecule has 1 aromatic carbocycles. The molecule has 2 N–H and O–H groups in total. The minimum Gasteiger partial charge on any atom is -0.378 e. The van der Waals surface area contributed by atoms with Crippen molar-refractivity contribution in [1.29, 1.82) is 0 Å². The monoisotopic (exact) mass is 540 g/mol. The van der Waals surface area contributed by atoms with E-state index >= 15 is 0 Å². The van der Waals surface area contributed by atoms with Crippen LogP contribution in [0.15, 0.2) is 29.3 Å². The van der Waals surface area contributed by atoms with Crippen molar-refractivity contribution in [3.8, 4) is 0 Å². The first-order valence-electron chi connectivity index (χ1n) is 10.9. The second kappa shape index (κ2) is 12.3. The van der Waals surface area contributed by atoms with Crippen molar-refractivity contribution in [2.75, 3.05) is 37.7 Å². The van der Waals surface area contributed by atoms with E-state index in [9.17, 15) is 0 Å². The second-order valence-corrected chi connectivity index (χ2v) is 7.95. The number of aromatic nitrogens is 2. The number of ether oxygens (including phenoxy) is 1. The van der Waals surface area contributed by atoms with Crippen LogP contribution in [0.3, 0.4) is 0 Å². The lowest BCUT2D eigenvalue weighted by Gasteiger charge is -2.30. The SMILES string of the molecule is CCNC(=NCc1ccccc1N1CCOCC1)NC(C)Cc1c(C)nn(C)c1C.I. The summed E-state index contributed by atoms with van der Waals surface area (Å²) in [5, 5.41) is 11.5. The van der Waals surface area contributed by atoms with Gasteiger partial charge in [0.25, 0.3) is 0 Å². The Kier molecular flexibility index (Phi) is 10.1. The van der Waals surface area contributed by atoms with E-state index in [0.717, 1.165) is 50.9 Å². The third kappa shape index (κ3) is 6.83. The zero-order chi connectivity index (χ0) is 21.5. The van der Waals surface area contributed by atoms with Crippen molar-refractivity contribution in [2.24, 2.45) is 12.0 Å². The summed E-state index contributed by atoms with van der Waals surface area (Å²) in [6, 6.07) is 8.80. The molecule has 0 aliphatic carbocycles. The second-order valence-electron chi connectivity index (χ2n) is 7.95. The first-order valence-corrected chi connectivity index (χ1v) is 10.9. The summed E-state index contributed by atoms with van der Waals surface area (Å²) < 4.78 is 7.46. The lowest BCUT2D eigenvalue weighted by molar-refractivity contribution is 0.122. The highest BCUT2D eigenvalue weighted by molar-refractivity contribution is 14.0. The summed E-state index contributed by atoms with van der Waals surface area (Å²) in [4.78, 5) is 7.28. The maximum absolute atomic E-state index is 5.51. The molecule has 8 heteroatoms. The first kappa shape index (κ1) is 25.5. The van der Waals surface area contributed by atoms with Crippen LogP contribution in [-0.2, 0) is 24.8 Å². The van der Waals surface area contributed by atoms with E-state index in [1.807, 2.05) is 11.7 Å². The Balaban J connectivity index is 0.00000341. The Bertz CT molecular complexity index is 860. The topological polar surface area (TPSA) is 66.7 Å². The maximum atomic E-state index is 5.51. The van der Waals surface area contributed by atoms with Crippen molar-refractivity contribution in [3.63, 3.8) is 0 Å². The van der Waals surface area contributed by atoms with Gasteiger partial charge < -0.3 is 20.3 Å². The number of benzene rings is 1. The minimum atomic E-state index is 0. The zero-order valence-electron chi connectivity index (χ0n) is 19.4. The third-order valence-electron chi connectivity index (χ3n) is 5.65. The summed E-state index contributed by atoms with van der Waals surface area (Å²) in [6.45, 7) is 13.4. The highest BCUT2D eigenvalue weighted by atomic mass is 127. The Labute approximate surface area is 203 Å². The number of halogens is 1. The van der Waals surface area contributed by atoms with Crippen molar-refractivity contribution >= 4 is 35.6 Å². The van der Waals surface area contributed by atoms with Crippen molar-refractivity contribution in [2.45, 2.75) is 46.7 Å². The summed E-state index contributed by atoms with van der Waals surface area (Å²) >= 11 is 0. The number of morpholine rings is 1. The molecule has 0 radical (unpaired) electrons. The predicted molar refractivity (Wildman–Crippen MR) is 139 cm³/mol. The van der Waals surface area contributed by atoms with E-state index in [1.54, 1.807) is 0 Å². The molecule has 0 spiro atoms. The molecule has 2 heterocycles. The molecule has 3 rings (SSSR count). The molecule has 7 nitrogen and oxygen atoms in total. The van der Waals surface area contributed by atoms with Gasteiger partial charge in [-0.2, -0.15) is 5.10 Å². The van der Waals surface area contributed by atoms with Crippen LogP contribution in [0.1, 0.15) is 36.4 Å². The van der Waals surface area contributed by atoms with Gasteiger partial charge in [-0.1, -0.05) is 18.2 Å². The quantitative estimate of drug-likeness (QED) is 0.321. The van der Waals surface area contributed by atoms with Crippen LogP contribution in [0.5, 0.6) is 0 Å². The van der Waals surface area contributed by atoms with Gasteiger partial charge in [-0.25, -0.2) is 4.99 Å². The summed E-state index contributed by atoms with van der Waals surface area (Å²) in [5.74, 6) is 0.848. The van der Waals surface area contributed by atoms with Gasteiger partial charge in [-0.3, -0.25) is 4.68 Å². The number of guanidine groups is 1. The van der Waals surface area contributed by atoms with Gasteiger partial charge in [0.2, 0.25) is 0 Å². The first-order chi connectivity index (χ1) is 14.5. The summed E-state index contributed by atoms with van der Waals surface area (Å²) in [6.07, 6.45) is 0.917. The van der Waals surface area contributed by atoms with Crippen LogP contribution in [0.4, 0.5) is 5.69 Å². The molecule has 0 amide bonds. The number of nitrogens with one attached hydrogen (secondary N) is 2. The van der Waals surface area contributed by atoms with Crippen LogP contribution in [0, 0.1) is 13.8 Å². The molecule has 31 heavy (non-hydrogen) atoms. The van der Waals surface area contributed by atoms with Gasteiger partial charge in [0.15, 0.2) is 5.96 Å². The molecular formula is C23H37IN6O. The number of aryl methyl sites for hydroxylation is 2. The Morgan fingerprint density at radius 2 is 1.94 bits per heavy atom.